The molecule has 1 N–H and O–H groups in total. The third-order valence-electron chi connectivity index (χ3n) is 3.03. The zero-order chi connectivity index (χ0) is 13.7. The molecule has 1 unspecified atom stereocenters. The predicted molar refractivity (Wildman–Crippen MR) is 75.0 cm³/mol. The van der Waals surface area contributed by atoms with Crippen LogP contribution in [-0.4, -0.2) is 32.5 Å². The van der Waals surface area contributed by atoms with E-state index < -0.39 is 14.6 Å². The number of hydrogen-bond donors (Lipinski definition) is 1. The standard InChI is InChI=1S/C13H29NO2S/c1-11(2)9-12(10-14-6)7-8-17(15,16)13(3,4)5/h11-12,14H,7-10H2,1-6H3. The molecule has 0 aromatic carbocycles. The smallest absolute Gasteiger partial charge is 0.155 e. The van der Waals surface area contributed by atoms with Gasteiger partial charge < -0.3 is 5.32 Å². The summed E-state index contributed by atoms with van der Waals surface area (Å²) in [7, 11) is -1.05. The van der Waals surface area contributed by atoms with Gasteiger partial charge in [-0.2, -0.15) is 0 Å². The van der Waals surface area contributed by atoms with Gasteiger partial charge in [-0.15, -0.1) is 0 Å². The van der Waals surface area contributed by atoms with Crippen LogP contribution in [0.5, 0.6) is 0 Å². The highest BCUT2D eigenvalue weighted by Gasteiger charge is 2.29. The Hall–Kier alpha value is -0.0900. The van der Waals surface area contributed by atoms with Crippen LogP contribution in [0.4, 0.5) is 0 Å². The molecule has 0 bridgehead atoms. The van der Waals surface area contributed by atoms with Crippen molar-refractivity contribution in [3.8, 4) is 0 Å². The van der Waals surface area contributed by atoms with Crippen molar-refractivity contribution in [2.75, 3.05) is 19.3 Å². The second-order valence-corrected chi connectivity index (χ2v) is 9.14. The molecule has 0 rings (SSSR count). The third-order valence-corrected chi connectivity index (χ3v) is 5.66. The van der Waals surface area contributed by atoms with Gasteiger partial charge in [-0.05, 0) is 59.0 Å². The maximum absolute atomic E-state index is 12.0. The molecule has 3 nitrogen and oxygen atoms in total. The highest BCUT2D eigenvalue weighted by molar-refractivity contribution is 7.92. The van der Waals surface area contributed by atoms with Gasteiger partial charge >= 0.3 is 0 Å². The third kappa shape index (κ3) is 6.41. The number of sulfone groups is 1. The van der Waals surface area contributed by atoms with Crippen LogP contribution in [0.15, 0.2) is 0 Å². The zero-order valence-electron chi connectivity index (χ0n) is 12.2. The van der Waals surface area contributed by atoms with Gasteiger partial charge in [0.2, 0.25) is 0 Å². The van der Waals surface area contributed by atoms with Crippen molar-refractivity contribution in [2.24, 2.45) is 11.8 Å². The molecule has 0 aliphatic rings. The van der Waals surface area contributed by atoms with Crippen LogP contribution in [0.3, 0.4) is 0 Å². The van der Waals surface area contributed by atoms with E-state index in [0.29, 0.717) is 17.6 Å². The molecule has 0 saturated heterocycles. The molecule has 0 aliphatic carbocycles. The van der Waals surface area contributed by atoms with Crippen LogP contribution >= 0.6 is 0 Å². The molecule has 104 valence electrons. The summed E-state index contributed by atoms with van der Waals surface area (Å²) in [6, 6.07) is 0. The van der Waals surface area contributed by atoms with Gasteiger partial charge in [0.25, 0.3) is 0 Å². The van der Waals surface area contributed by atoms with E-state index in [2.05, 4.69) is 19.2 Å². The lowest BCUT2D eigenvalue weighted by molar-refractivity contribution is 0.386. The van der Waals surface area contributed by atoms with Gasteiger partial charge in [0, 0.05) is 0 Å². The van der Waals surface area contributed by atoms with E-state index in [1.54, 1.807) is 20.8 Å². The molecule has 1 atom stereocenters. The summed E-state index contributed by atoms with van der Waals surface area (Å²) in [5.74, 6) is 1.37. The van der Waals surface area contributed by atoms with Crippen molar-refractivity contribution in [3.05, 3.63) is 0 Å². The number of rotatable bonds is 7. The summed E-state index contributed by atoms with van der Waals surface area (Å²) in [5.41, 5.74) is 0. The normalized spacial score (nSPS) is 15.2. The van der Waals surface area contributed by atoms with Crippen LogP contribution in [0.2, 0.25) is 0 Å². The first kappa shape index (κ1) is 16.9. The van der Waals surface area contributed by atoms with Crippen molar-refractivity contribution in [2.45, 2.75) is 52.2 Å². The fourth-order valence-electron chi connectivity index (χ4n) is 1.89. The first-order valence-corrected chi connectivity index (χ1v) is 8.12. The average molecular weight is 263 g/mol. The Morgan fingerprint density at radius 1 is 1.18 bits per heavy atom. The fraction of sp³-hybridized carbons (Fsp3) is 1.00. The van der Waals surface area contributed by atoms with Crippen molar-refractivity contribution in [3.63, 3.8) is 0 Å². The van der Waals surface area contributed by atoms with Gasteiger partial charge in [0.05, 0.1) is 10.5 Å². The summed E-state index contributed by atoms with van der Waals surface area (Å²) in [6.45, 7) is 10.6. The minimum absolute atomic E-state index is 0.301. The average Bonchev–Trinajstić information content (AvgIpc) is 2.12. The van der Waals surface area contributed by atoms with Crippen molar-refractivity contribution in [1.82, 2.24) is 5.32 Å². The molecule has 0 radical (unpaired) electrons. The summed E-state index contributed by atoms with van der Waals surface area (Å²) in [6.07, 6.45) is 1.85. The maximum atomic E-state index is 12.0. The first-order chi connectivity index (χ1) is 7.60. The summed E-state index contributed by atoms with van der Waals surface area (Å²) in [5, 5.41) is 3.15. The number of hydrogen-bond acceptors (Lipinski definition) is 3. The van der Waals surface area contributed by atoms with Gasteiger partial charge in [-0.25, -0.2) is 8.42 Å². The molecule has 0 spiro atoms. The second-order valence-electron chi connectivity index (χ2n) is 6.27. The quantitative estimate of drug-likeness (QED) is 0.767. The van der Waals surface area contributed by atoms with Crippen molar-refractivity contribution < 1.29 is 8.42 Å². The maximum Gasteiger partial charge on any atom is 0.155 e. The Labute approximate surface area is 107 Å². The van der Waals surface area contributed by atoms with Crippen molar-refractivity contribution in [1.29, 1.82) is 0 Å². The molecule has 0 saturated carbocycles. The Balaban J connectivity index is 4.40. The van der Waals surface area contributed by atoms with Crippen LogP contribution in [-0.2, 0) is 9.84 Å². The lowest BCUT2D eigenvalue weighted by Crippen LogP contribution is -2.32. The highest BCUT2D eigenvalue weighted by atomic mass is 32.2. The van der Waals surface area contributed by atoms with E-state index in [1.165, 1.54) is 0 Å². The molecule has 0 fully saturated rings. The van der Waals surface area contributed by atoms with Gasteiger partial charge in [0.15, 0.2) is 9.84 Å². The summed E-state index contributed by atoms with van der Waals surface area (Å²) >= 11 is 0. The molecule has 0 aliphatic heterocycles. The van der Waals surface area contributed by atoms with Crippen LogP contribution in [0, 0.1) is 11.8 Å². The Bertz CT molecular complexity index is 302. The van der Waals surface area contributed by atoms with Crippen molar-refractivity contribution >= 4 is 9.84 Å². The monoisotopic (exact) mass is 263 g/mol. The molecule has 0 aromatic heterocycles. The molecule has 17 heavy (non-hydrogen) atoms. The zero-order valence-corrected chi connectivity index (χ0v) is 13.0. The van der Waals surface area contributed by atoms with E-state index >= 15 is 0 Å². The molecule has 4 heteroatoms. The first-order valence-electron chi connectivity index (χ1n) is 6.47. The highest BCUT2D eigenvalue weighted by Crippen LogP contribution is 2.21. The fourth-order valence-corrected chi connectivity index (χ4v) is 3.14. The second kappa shape index (κ2) is 6.74. The minimum atomic E-state index is -2.97. The SMILES string of the molecule is CNCC(CCS(=O)(=O)C(C)(C)C)CC(C)C. The minimum Gasteiger partial charge on any atom is -0.319 e. The van der Waals surface area contributed by atoms with E-state index in [-0.39, 0.29) is 0 Å². The lowest BCUT2D eigenvalue weighted by Gasteiger charge is -2.23. The van der Waals surface area contributed by atoms with Crippen LogP contribution in [0.25, 0.3) is 0 Å². The predicted octanol–water partition coefficient (Wildman–Crippen LogP) is 2.47. The van der Waals surface area contributed by atoms with E-state index in [0.717, 1.165) is 19.4 Å². The van der Waals surface area contributed by atoms with Crippen LogP contribution < -0.4 is 5.32 Å². The number of nitrogens with one attached hydrogen (secondary N) is 1. The van der Waals surface area contributed by atoms with Crippen LogP contribution in [0.1, 0.15) is 47.5 Å². The van der Waals surface area contributed by atoms with Gasteiger partial charge in [-0.3, -0.25) is 0 Å². The van der Waals surface area contributed by atoms with Gasteiger partial charge in [-0.1, -0.05) is 13.8 Å². The summed E-state index contributed by atoms with van der Waals surface area (Å²) in [4.78, 5) is 0. The topological polar surface area (TPSA) is 46.2 Å². The summed E-state index contributed by atoms with van der Waals surface area (Å²) < 4.78 is 23.4. The Kier molecular flexibility index (Phi) is 6.70. The molecule has 0 amide bonds. The van der Waals surface area contributed by atoms with E-state index in [1.807, 2.05) is 7.05 Å². The van der Waals surface area contributed by atoms with Gasteiger partial charge in [0.1, 0.15) is 0 Å². The van der Waals surface area contributed by atoms with E-state index in [9.17, 15) is 8.42 Å². The molecule has 0 heterocycles. The lowest BCUT2D eigenvalue weighted by atomic mass is 9.95. The molecule has 0 aromatic rings. The molecular formula is C13H29NO2S. The Morgan fingerprint density at radius 3 is 2.06 bits per heavy atom. The largest absolute Gasteiger partial charge is 0.319 e. The Morgan fingerprint density at radius 2 is 1.71 bits per heavy atom. The van der Waals surface area contributed by atoms with E-state index in [4.69, 9.17) is 0 Å². The molecular weight excluding hydrogens is 234 g/mol.